The summed E-state index contributed by atoms with van der Waals surface area (Å²) in [5.74, 6) is 0.171. The van der Waals surface area contributed by atoms with E-state index in [4.69, 9.17) is 9.84 Å². The van der Waals surface area contributed by atoms with Gasteiger partial charge in [-0.3, -0.25) is 9.69 Å². The van der Waals surface area contributed by atoms with Gasteiger partial charge in [-0.1, -0.05) is 18.2 Å². The molecule has 0 bridgehead atoms. The minimum Gasteiger partial charge on any atom is -0.494 e. The summed E-state index contributed by atoms with van der Waals surface area (Å²) in [5, 5.41) is 9.05. The molecule has 0 amide bonds. The van der Waals surface area contributed by atoms with Crippen molar-refractivity contribution < 1.29 is 14.6 Å². The van der Waals surface area contributed by atoms with Gasteiger partial charge in [0, 0.05) is 6.54 Å². The summed E-state index contributed by atoms with van der Waals surface area (Å²) in [4.78, 5) is 13.0. The Bertz CT molecular complexity index is 380. The van der Waals surface area contributed by atoms with Gasteiger partial charge in [0.15, 0.2) is 0 Å². The molecule has 0 spiro atoms. The van der Waals surface area contributed by atoms with E-state index in [-0.39, 0.29) is 6.04 Å². The molecule has 1 aliphatic heterocycles. The minimum atomic E-state index is -0.698. The fourth-order valence-electron chi connectivity index (χ4n) is 2.35. The summed E-state index contributed by atoms with van der Waals surface area (Å²) in [6.07, 6.45) is 2.62. The molecule has 1 aliphatic rings. The summed E-state index contributed by atoms with van der Waals surface area (Å²) in [6.45, 7) is 2.32. The van der Waals surface area contributed by atoms with Crippen LogP contribution < -0.4 is 4.74 Å². The molecule has 0 radical (unpaired) electrons. The molecular formula is C14H19NO3. The van der Waals surface area contributed by atoms with E-state index in [2.05, 4.69) is 0 Å². The predicted molar refractivity (Wildman–Crippen MR) is 68.8 cm³/mol. The number of hydrogen-bond donors (Lipinski definition) is 1. The highest BCUT2D eigenvalue weighted by Crippen LogP contribution is 2.17. The molecule has 4 heteroatoms. The number of aliphatic carboxylic acids is 1. The Balaban J connectivity index is 1.68. The van der Waals surface area contributed by atoms with Crippen LogP contribution in [-0.4, -0.2) is 41.7 Å². The van der Waals surface area contributed by atoms with Crippen LogP contribution in [0, 0.1) is 0 Å². The standard InChI is InChI=1S/C14H19NO3/c16-14(17)13-8-4-9-15(13)10-5-11-18-12-6-2-1-3-7-12/h1-3,6-7,13H,4-5,8-11H2,(H,16,17)/t13-/m0/s1. The van der Waals surface area contributed by atoms with Gasteiger partial charge in [-0.15, -0.1) is 0 Å². The lowest BCUT2D eigenvalue weighted by atomic mass is 10.2. The number of rotatable bonds is 6. The number of ether oxygens (including phenoxy) is 1. The average molecular weight is 249 g/mol. The molecule has 18 heavy (non-hydrogen) atoms. The highest BCUT2D eigenvalue weighted by molar-refractivity contribution is 5.73. The molecule has 0 aliphatic carbocycles. The van der Waals surface area contributed by atoms with Gasteiger partial charge in [-0.25, -0.2) is 0 Å². The summed E-state index contributed by atoms with van der Waals surface area (Å²) in [6, 6.07) is 9.40. The number of likely N-dealkylation sites (tertiary alicyclic amines) is 1. The number of carbonyl (C=O) groups is 1. The monoisotopic (exact) mass is 249 g/mol. The zero-order chi connectivity index (χ0) is 12.8. The summed E-state index contributed by atoms with van der Waals surface area (Å²) >= 11 is 0. The van der Waals surface area contributed by atoms with Crippen LogP contribution in [0.5, 0.6) is 5.75 Å². The largest absolute Gasteiger partial charge is 0.494 e. The third-order valence-corrected chi connectivity index (χ3v) is 3.25. The van der Waals surface area contributed by atoms with E-state index in [1.807, 2.05) is 35.2 Å². The van der Waals surface area contributed by atoms with E-state index in [1.54, 1.807) is 0 Å². The smallest absolute Gasteiger partial charge is 0.320 e. The third-order valence-electron chi connectivity index (χ3n) is 3.25. The Labute approximate surface area is 107 Å². The van der Waals surface area contributed by atoms with E-state index in [1.165, 1.54) is 0 Å². The van der Waals surface area contributed by atoms with Crippen LogP contribution in [0.15, 0.2) is 30.3 Å². The second kappa shape index (κ2) is 6.40. The highest BCUT2D eigenvalue weighted by atomic mass is 16.5. The van der Waals surface area contributed by atoms with Crippen LogP contribution in [0.4, 0.5) is 0 Å². The first-order chi connectivity index (χ1) is 8.77. The number of para-hydroxylation sites is 1. The maximum atomic E-state index is 11.0. The van der Waals surface area contributed by atoms with E-state index in [9.17, 15) is 4.79 Å². The summed E-state index contributed by atoms with van der Waals surface area (Å²) < 4.78 is 5.59. The van der Waals surface area contributed by atoms with Gasteiger partial charge in [0.1, 0.15) is 11.8 Å². The van der Waals surface area contributed by atoms with Gasteiger partial charge in [0.2, 0.25) is 0 Å². The van der Waals surface area contributed by atoms with Crippen molar-refractivity contribution in [2.45, 2.75) is 25.3 Å². The molecule has 0 unspecified atom stereocenters. The summed E-state index contributed by atoms with van der Waals surface area (Å²) in [7, 11) is 0. The van der Waals surface area contributed by atoms with Crippen LogP contribution in [0.1, 0.15) is 19.3 Å². The molecule has 1 heterocycles. The van der Waals surface area contributed by atoms with Crippen molar-refractivity contribution in [3.63, 3.8) is 0 Å². The first-order valence-electron chi connectivity index (χ1n) is 6.42. The van der Waals surface area contributed by atoms with Gasteiger partial charge in [0.05, 0.1) is 6.61 Å². The Hall–Kier alpha value is -1.55. The normalized spacial score (nSPS) is 19.9. The topological polar surface area (TPSA) is 49.8 Å². The van der Waals surface area contributed by atoms with Crippen LogP contribution in [0.25, 0.3) is 0 Å². The number of carboxylic acid groups (broad SMARTS) is 1. The van der Waals surface area contributed by atoms with Crippen molar-refractivity contribution in [3.8, 4) is 5.75 Å². The highest BCUT2D eigenvalue weighted by Gasteiger charge is 2.29. The Morgan fingerprint density at radius 3 is 2.89 bits per heavy atom. The zero-order valence-corrected chi connectivity index (χ0v) is 10.4. The van der Waals surface area contributed by atoms with Gasteiger partial charge < -0.3 is 9.84 Å². The van der Waals surface area contributed by atoms with Gasteiger partial charge in [-0.2, -0.15) is 0 Å². The number of hydrogen-bond acceptors (Lipinski definition) is 3. The molecule has 1 aromatic rings. The van der Waals surface area contributed by atoms with Crippen molar-refractivity contribution in [2.24, 2.45) is 0 Å². The van der Waals surface area contributed by atoms with Crippen LogP contribution in [-0.2, 0) is 4.79 Å². The molecule has 0 aromatic heterocycles. The quantitative estimate of drug-likeness (QED) is 0.783. The van der Waals surface area contributed by atoms with Gasteiger partial charge >= 0.3 is 5.97 Å². The van der Waals surface area contributed by atoms with Crippen LogP contribution in [0.3, 0.4) is 0 Å². The van der Waals surface area contributed by atoms with Gasteiger partial charge in [0.25, 0.3) is 0 Å². The molecule has 1 atom stereocenters. The SMILES string of the molecule is O=C(O)[C@@H]1CCCN1CCCOc1ccccc1. The predicted octanol–water partition coefficient (Wildman–Crippen LogP) is 2.00. The lowest BCUT2D eigenvalue weighted by molar-refractivity contribution is -0.142. The van der Waals surface area contributed by atoms with E-state index < -0.39 is 5.97 Å². The molecule has 0 saturated carbocycles. The van der Waals surface area contributed by atoms with Crippen molar-refractivity contribution in [2.75, 3.05) is 19.7 Å². The first kappa shape index (κ1) is 12.9. The van der Waals surface area contributed by atoms with Crippen LogP contribution >= 0.6 is 0 Å². The lowest BCUT2D eigenvalue weighted by Crippen LogP contribution is -2.36. The lowest BCUT2D eigenvalue weighted by Gasteiger charge is -2.20. The molecule has 1 N–H and O–H groups in total. The maximum absolute atomic E-state index is 11.0. The Kier molecular flexibility index (Phi) is 4.59. The Morgan fingerprint density at radius 2 is 2.17 bits per heavy atom. The molecule has 98 valence electrons. The second-order valence-electron chi connectivity index (χ2n) is 4.55. The fraction of sp³-hybridized carbons (Fsp3) is 0.500. The van der Waals surface area contributed by atoms with E-state index >= 15 is 0 Å². The van der Waals surface area contributed by atoms with Crippen molar-refractivity contribution in [1.29, 1.82) is 0 Å². The number of carboxylic acids is 1. The maximum Gasteiger partial charge on any atom is 0.320 e. The molecule has 1 saturated heterocycles. The van der Waals surface area contributed by atoms with Crippen molar-refractivity contribution in [3.05, 3.63) is 30.3 Å². The third kappa shape index (κ3) is 3.47. The number of benzene rings is 1. The molecule has 4 nitrogen and oxygen atoms in total. The Morgan fingerprint density at radius 1 is 1.39 bits per heavy atom. The number of nitrogens with zero attached hydrogens (tertiary/aromatic N) is 1. The summed E-state index contributed by atoms with van der Waals surface area (Å²) in [5.41, 5.74) is 0. The molecule has 2 rings (SSSR count). The molecule has 1 aromatic carbocycles. The van der Waals surface area contributed by atoms with Gasteiger partial charge in [-0.05, 0) is 37.9 Å². The van der Waals surface area contributed by atoms with Crippen molar-refractivity contribution in [1.82, 2.24) is 4.90 Å². The van der Waals surface area contributed by atoms with E-state index in [0.717, 1.165) is 38.1 Å². The van der Waals surface area contributed by atoms with Crippen LogP contribution in [0.2, 0.25) is 0 Å². The minimum absolute atomic E-state index is 0.290. The first-order valence-corrected chi connectivity index (χ1v) is 6.42. The molecule has 1 fully saturated rings. The molecular weight excluding hydrogens is 230 g/mol. The average Bonchev–Trinajstić information content (AvgIpc) is 2.84. The fourth-order valence-corrected chi connectivity index (χ4v) is 2.35. The zero-order valence-electron chi connectivity index (χ0n) is 10.4. The van der Waals surface area contributed by atoms with Crippen molar-refractivity contribution >= 4 is 5.97 Å². The second-order valence-corrected chi connectivity index (χ2v) is 4.55. The van der Waals surface area contributed by atoms with E-state index in [0.29, 0.717) is 6.61 Å².